The van der Waals surface area contributed by atoms with Gasteiger partial charge in [-0.3, -0.25) is 0 Å². The van der Waals surface area contributed by atoms with E-state index in [0.717, 1.165) is 17.9 Å². The first-order chi connectivity index (χ1) is 7.24. The van der Waals surface area contributed by atoms with Crippen molar-refractivity contribution in [3.05, 3.63) is 36.0 Å². The third-order valence-electron chi connectivity index (χ3n) is 2.28. The van der Waals surface area contributed by atoms with Gasteiger partial charge in [-0.2, -0.15) is 5.26 Å². The summed E-state index contributed by atoms with van der Waals surface area (Å²) < 4.78 is 0. The van der Waals surface area contributed by atoms with Gasteiger partial charge in [-0.05, 0) is 25.5 Å². The summed E-state index contributed by atoms with van der Waals surface area (Å²) in [5.41, 5.74) is 1.62. The molecule has 0 saturated carbocycles. The molecule has 0 N–H and O–H groups in total. The topological polar surface area (TPSA) is 39.9 Å². The van der Waals surface area contributed by atoms with Crippen LogP contribution in [0.3, 0.4) is 0 Å². The Bertz CT molecular complexity index is 390. The Kier molecular flexibility index (Phi) is 3.87. The van der Waals surface area contributed by atoms with E-state index in [1.165, 1.54) is 0 Å². The second-order valence-corrected chi connectivity index (χ2v) is 3.27. The van der Waals surface area contributed by atoms with Crippen molar-refractivity contribution in [3.63, 3.8) is 0 Å². The second-order valence-electron chi connectivity index (χ2n) is 3.27. The summed E-state index contributed by atoms with van der Waals surface area (Å²) in [5, 5.41) is 9.07. The van der Waals surface area contributed by atoms with Crippen LogP contribution in [0.1, 0.15) is 18.1 Å². The smallest absolute Gasteiger partial charge is 0.147 e. The van der Waals surface area contributed by atoms with Crippen LogP contribution >= 0.6 is 0 Å². The molecule has 0 spiro atoms. The summed E-state index contributed by atoms with van der Waals surface area (Å²) in [6, 6.07) is 4.05. The standard InChI is InChI=1S/C12H15N3/c1-4-8-15(5-2)12-11(9-13)10(3)6-7-14-12/h4,6-7H,1,5,8H2,2-3H3. The molecule has 0 bridgehead atoms. The Morgan fingerprint density at radius 2 is 2.40 bits per heavy atom. The molecule has 0 unspecified atom stereocenters. The summed E-state index contributed by atoms with van der Waals surface area (Å²) in [4.78, 5) is 6.28. The largest absolute Gasteiger partial charge is 0.352 e. The van der Waals surface area contributed by atoms with Gasteiger partial charge in [-0.15, -0.1) is 6.58 Å². The Hall–Kier alpha value is -1.82. The van der Waals surface area contributed by atoms with Gasteiger partial charge in [0.25, 0.3) is 0 Å². The highest BCUT2D eigenvalue weighted by atomic mass is 15.2. The Balaban J connectivity index is 3.17. The molecule has 1 heterocycles. The fraction of sp³-hybridized carbons (Fsp3) is 0.333. The van der Waals surface area contributed by atoms with E-state index >= 15 is 0 Å². The van der Waals surface area contributed by atoms with Gasteiger partial charge >= 0.3 is 0 Å². The first-order valence-corrected chi connectivity index (χ1v) is 4.96. The molecule has 0 atom stereocenters. The maximum atomic E-state index is 9.07. The minimum atomic E-state index is 0.654. The van der Waals surface area contributed by atoms with E-state index in [-0.39, 0.29) is 0 Å². The summed E-state index contributed by atoms with van der Waals surface area (Å²) in [6.45, 7) is 9.18. The van der Waals surface area contributed by atoms with E-state index in [0.29, 0.717) is 12.1 Å². The Morgan fingerprint density at radius 3 is 2.93 bits per heavy atom. The van der Waals surface area contributed by atoms with Crippen molar-refractivity contribution in [3.8, 4) is 6.07 Å². The lowest BCUT2D eigenvalue weighted by molar-refractivity contribution is 0.878. The zero-order chi connectivity index (χ0) is 11.3. The fourth-order valence-corrected chi connectivity index (χ4v) is 1.44. The van der Waals surface area contributed by atoms with Gasteiger partial charge in [-0.25, -0.2) is 4.98 Å². The highest BCUT2D eigenvalue weighted by Crippen LogP contribution is 2.19. The first kappa shape index (κ1) is 11.3. The molecule has 0 amide bonds. The first-order valence-electron chi connectivity index (χ1n) is 4.96. The molecule has 0 radical (unpaired) electrons. The monoisotopic (exact) mass is 201 g/mol. The number of anilines is 1. The fourth-order valence-electron chi connectivity index (χ4n) is 1.44. The van der Waals surface area contributed by atoms with Gasteiger partial charge in [0.05, 0.1) is 5.56 Å². The molecular weight excluding hydrogens is 186 g/mol. The molecular formula is C12H15N3. The molecule has 15 heavy (non-hydrogen) atoms. The van der Waals surface area contributed by atoms with E-state index < -0.39 is 0 Å². The number of hydrogen-bond donors (Lipinski definition) is 0. The van der Waals surface area contributed by atoms with Crippen molar-refractivity contribution in [2.75, 3.05) is 18.0 Å². The van der Waals surface area contributed by atoms with Crippen molar-refractivity contribution in [1.29, 1.82) is 5.26 Å². The van der Waals surface area contributed by atoms with Gasteiger partial charge in [0.1, 0.15) is 11.9 Å². The highest BCUT2D eigenvalue weighted by molar-refractivity contribution is 5.57. The van der Waals surface area contributed by atoms with Crippen molar-refractivity contribution < 1.29 is 0 Å². The van der Waals surface area contributed by atoms with Crippen LogP contribution in [-0.2, 0) is 0 Å². The quantitative estimate of drug-likeness (QED) is 0.701. The number of nitrogens with zero attached hydrogens (tertiary/aromatic N) is 3. The molecule has 0 saturated heterocycles. The summed E-state index contributed by atoms with van der Waals surface area (Å²) in [5.74, 6) is 0.750. The average molecular weight is 201 g/mol. The molecule has 1 aromatic heterocycles. The molecule has 3 heteroatoms. The lowest BCUT2D eigenvalue weighted by Crippen LogP contribution is -2.24. The second kappa shape index (κ2) is 5.16. The molecule has 0 aliphatic carbocycles. The molecule has 1 aromatic rings. The average Bonchev–Trinajstić information content (AvgIpc) is 2.25. The third kappa shape index (κ3) is 2.35. The predicted octanol–water partition coefficient (Wildman–Crippen LogP) is 2.27. The van der Waals surface area contributed by atoms with E-state index in [9.17, 15) is 0 Å². The molecule has 0 aromatic carbocycles. The van der Waals surface area contributed by atoms with Gasteiger partial charge in [-0.1, -0.05) is 6.08 Å². The summed E-state index contributed by atoms with van der Waals surface area (Å²) in [6.07, 6.45) is 3.55. The minimum Gasteiger partial charge on any atom is -0.352 e. The van der Waals surface area contributed by atoms with Crippen LogP contribution in [0.5, 0.6) is 0 Å². The zero-order valence-corrected chi connectivity index (χ0v) is 9.20. The van der Waals surface area contributed by atoms with Crippen LogP contribution in [-0.4, -0.2) is 18.1 Å². The number of hydrogen-bond acceptors (Lipinski definition) is 3. The van der Waals surface area contributed by atoms with Crippen LogP contribution in [0.15, 0.2) is 24.9 Å². The van der Waals surface area contributed by atoms with Crippen LogP contribution in [0.2, 0.25) is 0 Å². The normalized spacial score (nSPS) is 9.40. The molecule has 0 aliphatic rings. The molecule has 1 rings (SSSR count). The lowest BCUT2D eigenvalue weighted by atomic mass is 10.1. The van der Waals surface area contributed by atoms with E-state index in [4.69, 9.17) is 5.26 Å². The Morgan fingerprint density at radius 1 is 1.67 bits per heavy atom. The van der Waals surface area contributed by atoms with E-state index in [2.05, 4.69) is 17.6 Å². The number of nitriles is 1. The molecule has 0 aliphatic heterocycles. The number of likely N-dealkylation sites (N-methyl/N-ethyl adjacent to an activating group) is 1. The van der Waals surface area contributed by atoms with Crippen molar-refractivity contribution in [1.82, 2.24) is 4.98 Å². The van der Waals surface area contributed by atoms with Crippen LogP contribution < -0.4 is 4.90 Å². The van der Waals surface area contributed by atoms with Crippen LogP contribution in [0.4, 0.5) is 5.82 Å². The predicted molar refractivity (Wildman–Crippen MR) is 61.8 cm³/mol. The summed E-state index contributed by atoms with van der Waals surface area (Å²) >= 11 is 0. The Labute approximate surface area is 90.7 Å². The van der Waals surface area contributed by atoms with E-state index in [1.54, 1.807) is 6.20 Å². The highest BCUT2D eigenvalue weighted by Gasteiger charge is 2.11. The van der Waals surface area contributed by atoms with Crippen LogP contribution in [0.25, 0.3) is 0 Å². The van der Waals surface area contributed by atoms with E-state index in [1.807, 2.05) is 30.9 Å². The van der Waals surface area contributed by atoms with Gasteiger partial charge < -0.3 is 4.90 Å². The molecule has 3 nitrogen and oxygen atoms in total. The summed E-state index contributed by atoms with van der Waals surface area (Å²) in [7, 11) is 0. The maximum absolute atomic E-state index is 9.07. The van der Waals surface area contributed by atoms with Crippen molar-refractivity contribution in [2.45, 2.75) is 13.8 Å². The van der Waals surface area contributed by atoms with Crippen molar-refractivity contribution in [2.24, 2.45) is 0 Å². The minimum absolute atomic E-state index is 0.654. The molecule has 78 valence electrons. The number of aryl methyl sites for hydroxylation is 1. The number of aromatic nitrogens is 1. The van der Waals surface area contributed by atoms with Crippen molar-refractivity contribution >= 4 is 5.82 Å². The van der Waals surface area contributed by atoms with Crippen LogP contribution in [0, 0.1) is 18.3 Å². The molecule has 0 fully saturated rings. The SMILES string of the molecule is C=CCN(CC)c1nccc(C)c1C#N. The maximum Gasteiger partial charge on any atom is 0.147 e. The zero-order valence-electron chi connectivity index (χ0n) is 9.20. The number of pyridine rings is 1. The number of rotatable bonds is 4. The van der Waals surface area contributed by atoms with Gasteiger partial charge in [0.2, 0.25) is 0 Å². The lowest BCUT2D eigenvalue weighted by Gasteiger charge is -2.21. The van der Waals surface area contributed by atoms with Gasteiger partial charge in [0, 0.05) is 19.3 Å². The third-order valence-corrected chi connectivity index (χ3v) is 2.28. The van der Waals surface area contributed by atoms with Gasteiger partial charge in [0.15, 0.2) is 0 Å².